The molecule has 0 N–H and O–H groups in total. The van der Waals surface area contributed by atoms with Gasteiger partial charge >= 0.3 is 0 Å². The second-order valence-electron chi connectivity index (χ2n) is 2.61. The van der Waals surface area contributed by atoms with Crippen LogP contribution in [0, 0.1) is 5.92 Å². The number of allylic oxidation sites excluding steroid dienone is 1. The molecule has 0 spiro atoms. The predicted octanol–water partition coefficient (Wildman–Crippen LogP) is 2.84. The Kier molecular flexibility index (Phi) is 6.59. The Hall–Kier alpha value is -0.920. The van der Waals surface area contributed by atoms with E-state index in [0.29, 0.717) is 19.0 Å². The molecule has 0 atom stereocenters. The first-order chi connectivity index (χ1) is 5.27. The van der Waals surface area contributed by atoms with Gasteiger partial charge in [0.15, 0.2) is 0 Å². The molecule has 0 aliphatic heterocycles. The summed E-state index contributed by atoms with van der Waals surface area (Å²) < 4.78 is 0. The molecule has 0 aromatic heterocycles. The molecule has 0 radical (unpaired) electrons. The zero-order chi connectivity index (χ0) is 8.53. The fraction of sp³-hybridized carbons (Fsp3) is 0.556. The Morgan fingerprint density at radius 1 is 1.27 bits per heavy atom. The molecule has 0 amide bonds. The largest absolute Gasteiger partial charge is 0.190 e. The Bertz CT molecular complexity index is 146. The van der Waals surface area contributed by atoms with Gasteiger partial charge in [0.05, 0.1) is 13.1 Å². The van der Waals surface area contributed by atoms with Gasteiger partial charge in [-0.2, -0.15) is 10.2 Å². The average molecular weight is 152 g/mol. The summed E-state index contributed by atoms with van der Waals surface area (Å²) in [7, 11) is 0. The second kappa shape index (κ2) is 7.19. The van der Waals surface area contributed by atoms with Crippen LogP contribution < -0.4 is 0 Å². The van der Waals surface area contributed by atoms with Gasteiger partial charge in [0.1, 0.15) is 0 Å². The molecule has 0 saturated heterocycles. The fourth-order valence-electron chi connectivity index (χ4n) is 0.553. The van der Waals surface area contributed by atoms with E-state index in [9.17, 15) is 0 Å². The molecular weight excluding hydrogens is 136 g/mol. The van der Waals surface area contributed by atoms with Crippen molar-refractivity contribution in [3.63, 3.8) is 0 Å². The zero-order valence-electron chi connectivity index (χ0n) is 7.33. The lowest BCUT2D eigenvalue weighted by Crippen LogP contribution is -1.79. The first-order valence-corrected chi connectivity index (χ1v) is 3.88. The monoisotopic (exact) mass is 152 g/mol. The summed E-state index contributed by atoms with van der Waals surface area (Å²) in [5, 5.41) is 7.74. The molecule has 62 valence electrons. The van der Waals surface area contributed by atoms with E-state index >= 15 is 0 Å². The van der Waals surface area contributed by atoms with Crippen LogP contribution in [0.4, 0.5) is 0 Å². The van der Waals surface area contributed by atoms with Crippen LogP contribution in [0.2, 0.25) is 0 Å². The lowest BCUT2D eigenvalue weighted by molar-refractivity contribution is 0.825. The predicted molar refractivity (Wildman–Crippen MR) is 48.8 cm³/mol. The Labute approximate surface area is 68.7 Å². The van der Waals surface area contributed by atoms with Crippen molar-refractivity contribution in [2.24, 2.45) is 16.1 Å². The molecule has 0 heterocycles. The van der Waals surface area contributed by atoms with Gasteiger partial charge in [-0.3, -0.25) is 0 Å². The molecule has 0 unspecified atom stereocenters. The third kappa shape index (κ3) is 9.08. The van der Waals surface area contributed by atoms with Crippen LogP contribution in [0.3, 0.4) is 0 Å². The Balaban J connectivity index is 3.32. The van der Waals surface area contributed by atoms with Crippen molar-refractivity contribution in [1.82, 2.24) is 0 Å². The molecule has 0 saturated carbocycles. The number of azo groups is 1. The van der Waals surface area contributed by atoms with Crippen LogP contribution in [0.15, 0.2) is 35.0 Å². The lowest BCUT2D eigenvalue weighted by Gasteiger charge is -1.90. The molecule has 0 bridgehead atoms. The van der Waals surface area contributed by atoms with Gasteiger partial charge < -0.3 is 0 Å². The zero-order valence-corrected chi connectivity index (χ0v) is 7.33. The standard InChI is InChI=1S/C9H16N2/c1-4-7-10-11-8-5-6-9(2)3/h4-6,9H,1,7-8H2,2-3H3. The van der Waals surface area contributed by atoms with Crippen molar-refractivity contribution in [2.75, 3.05) is 13.1 Å². The van der Waals surface area contributed by atoms with Gasteiger partial charge in [-0.05, 0) is 5.92 Å². The molecule has 0 fully saturated rings. The first kappa shape index (κ1) is 10.1. The highest BCUT2D eigenvalue weighted by molar-refractivity contribution is 4.85. The molecule has 0 aliphatic carbocycles. The van der Waals surface area contributed by atoms with Gasteiger partial charge in [-0.1, -0.05) is 32.1 Å². The van der Waals surface area contributed by atoms with E-state index < -0.39 is 0 Å². The molecule has 0 aromatic carbocycles. The summed E-state index contributed by atoms with van der Waals surface area (Å²) in [6, 6.07) is 0. The Morgan fingerprint density at radius 2 is 1.91 bits per heavy atom. The van der Waals surface area contributed by atoms with Crippen LogP contribution in [0.25, 0.3) is 0 Å². The number of nitrogens with zero attached hydrogens (tertiary/aromatic N) is 2. The van der Waals surface area contributed by atoms with Crippen LogP contribution in [-0.4, -0.2) is 13.1 Å². The average Bonchev–Trinajstić information content (AvgIpc) is 1.96. The third-order valence-corrected chi connectivity index (χ3v) is 1.02. The molecule has 0 aromatic rings. The van der Waals surface area contributed by atoms with Gasteiger partial charge in [0.25, 0.3) is 0 Å². The van der Waals surface area contributed by atoms with Crippen molar-refractivity contribution >= 4 is 0 Å². The van der Waals surface area contributed by atoms with Crippen LogP contribution in [0.5, 0.6) is 0 Å². The molecule has 0 aliphatic rings. The SMILES string of the molecule is C=CCN=NCC=CC(C)C. The van der Waals surface area contributed by atoms with Crippen molar-refractivity contribution in [3.8, 4) is 0 Å². The fourth-order valence-corrected chi connectivity index (χ4v) is 0.553. The minimum atomic E-state index is 0.601. The van der Waals surface area contributed by atoms with Crippen LogP contribution in [0.1, 0.15) is 13.8 Å². The normalized spacial score (nSPS) is 11.9. The molecule has 2 heteroatoms. The summed E-state index contributed by atoms with van der Waals surface area (Å²) in [4.78, 5) is 0. The second-order valence-corrected chi connectivity index (χ2v) is 2.61. The van der Waals surface area contributed by atoms with E-state index in [2.05, 4.69) is 36.7 Å². The number of hydrogen-bond donors (Lipinski definition) is 0. The van der Waals surface area contributed by atoms with E-state index in [0.717, 1.165) is 0 Å². The van der Waals surface area contributed by atoms with E-state index in [-0.39, 0.29) is 0 Å². The van der Waals surface area contributed by atoms with E-state index in [1.807, 2.05) is 6.08 Å². The molecular formula is C9H16N2. The van der Waals surface area contributed by atoms with Crippen molar-refractivity contribution < 1.29 is 0 Å². The molecule has 11 heavy (non-hydrogen) atoms. The summed E-state index contributed by atoms with van der Waals surface area (Å²) in [6.45, 7) is 9.11. The minimum Gasteiger partial charge on any atom is -0.190 e. The molecule has 0 rings (SSSR count). The van der Waals surface area contributed by atoms with Gasteiger partial charge in [-0.15, -0.1) is 6.58 Å². The summed E-state index contributed by atoms with van der Waals surface area (Å²) in [5.74, 6) is 0.601. The van der Waals surface area contributed by atoms with Crippen molar-refractivity contribution in [3.05, 3.63) is 24.8 Å². The summed E-state index contributed by atoms with van der Waals surface area (Å²) >= 11 is 0. The highest BCUT2D eigenvalue weighted by atomic mass is 15.1. The smallest absolute Gasteiger partial charge is 0.0780 e. The number of hydrogen-bond acceptors (Lipinski definition) is 2. The van der Waals surface area contributed by atoms with E-state index in [1.54, 1.807) is 6.08 Å². The maximum Gasteiger partial charge on any atom is 0.0780 e. The van der Waals surface area contributed by atoms with Gasteiger partial charge in [0.2, 0.25) is 0 Å². The van der Waals surface area contributed by atoms with Gasteiger partial charge in [0, 0.05) is 0 Å². The van der Waals surface area contributed by atoms with Crippen LogP contribution in [-0.2, 0) is 0 Å². The molecule has 2 nitrogen and oxygen atoms in total. The first-order valence-electron chi connectivity index (χ1n) is 3.88. The highest BCUT2D eigenvalue weighted by Gasteiger charge is 1.80. The van der Waals surface area contributed by atoms with Crippen molar-refractivity contribution in [1.29, 1.82) is 0 Å². The summed E-state index contributed by atoms with van der Waals surface area (Å²) in [5.41, 5.74) is 0. The maximum atomic E-state index is 3.90. The van der Waals surface area contributed by atoms with Gasteiger partial charge in [-0.25, -0.2) is 0 Å². The third-order valence-electron chi connectivity index (χ3n) is 1.02. The van der Waals surface area contributed by atoms with Crippen molar-refractivity contribution in [2.45, 2.75) is 13.8 Å². The highest BCUT2D eigenvalue weighted by Crippen LogP contribution is 1.92. The maximum absolute atomic E-state index is 3.90. The van der Waals surface area contributed by atoms with E-state index in [1.165, 1.54) is 0 Å². The number of rotatable bonds is 5. The topological polar surface area (TPSA) is 24.7 Å². The Morgan fingerprint density at radius 3 is 2.45 bits per heavy atom. The minimum absolute atomic E-state index is 0.601. The summed E-state index contributed by atoms with van der Waals surface area (Å²) in [6.07, 6.45) is 5.87. The van der Waals surface area contributed by atoms with E-state index in [4.69, 9.17) is 0 Å². The lowest BCUT2D eigenvalue weighted by atomic mass is 10.2. The quantitative estimate of drug-likeness (QED) is 0.427. The van der Waals surface area contributed by atoms with Crippen LogP contribution >= 0.6 is 0 Å².